The molecule has 0 aromatic heterocycles. The minimum Gasteiger partial charge on any atom is -0.352 e. The van der Waals surface area contributed by atoms with Crippen LogP contribution in [-0.2, 0) is 4.79 Å². The molecule has 0 saturated heterocycles. The van der Waals surface area contributed by atoms with Crippen molar-refractivity contribution in [3.8, 4) is 0 Å². The fourth-order valence-electron chi connectivity index (χ4n) is 2.30. The number of nitrogens with two attached hydrogens (primary N) is 1. The van der Waals surface area contributed by atoms with Gasteiger partial charge < -0.3 is 11.1 Å². The average molecular weight is 210 g/mol. The molecule has 1 unspecified atom stereocenters. The third kappa shape index (κ3) is 4.04. The van der Waals surface area contributed by atoms with Crippen LogP contribution >= 0.6 is 0 Å². The van der Waals surface area contributed by atoms with Crippen molar-refractivity contribution in [3.05, 3.63) is 12.7 Å². The van der Waals surface area contributed by atoms with Gasteiger partial charge in [-0.25, -0.2) is 0 Å². The largest absolute Gasteiger partial charge is 0.352 e. The van der Waals surface area contributed by atoms with Crippen LogP contribution in [0.4, 0.5) is 0 Å². The number of nitrogens with one attached hydrogen (secondary N) is 1. The highest BCUT2D eigenvalue weighted by molar-refractivity contribution is 5.77. The summed E-state index contributed by atoms with van der Waals surface area (Å²) < 4.78 is 0. The minimum atomic E-state index is 0.0472. The van der Waals surface area contributed by atoms with Gasteiger partial charge in [0, 0.05) is 19.0 Å². The Labute approximate surface area is 92.1 Å². The lowest BCUT2D eigenvalue weighted by molar-refractivity contribution is -0.121. The van der Waals surface area contributed by atoms with Gasteiger partial charge in [-0.3, -0.25) is 4.79 Å². The van der Waals surface area contributed by atoms with E-state index in [9.17, 15) is 4.79 Å². The summed E-state index contributed by atoms with van der Waals surface area (Å²) in [4.78, 5) is 11.4. The van der Waals surface area contributed by atoms with E-state index in [-0.39, 0.29) is 11.9 Å². The Kier molecular flexibility index (Phi) is 5.40. The van der Waals surface area contributed by atoms with Crippen LogP contribution in [0.1, 0.15) is 38.5 Å². The lowest BCUT2D eigenvalue weighted by atomic mass is 9.84. The van der Waals surface area contributed by atoms with Crippen molar-refractivity contribution in [3.63, 3.8) is 0 Å². The van der Waals surface area contributed by atoms with Crippen molar-refractivity contribution in [2.45, 2.75) is 44.6 Å². The molecule has 3 heteroatoms. The normalized spacial score (nSPS) is 19.5. The summed E-state index contributed by atoms with van der Waals surface area (Å²) in [5.74, 6) is 0.628. The van der Waals surface area contributed by atoms with Crippen LogP contribution in [0.15, 0.2) is 12.7 Å². The van der Waals surface area contributed by atoms with Crippen molar-refractivity contribution in [1.29, 1.82) is 0 Å². The Morgan fingerprint density at radius 1 is 1.47 bits per heavy atom. The second kappa shape index (κ2) is 6.62. The number of hydrogen-bond acceptors (Lipinski definition) is 2. The Balaban J connectivity index is 2.39. The Morgan fingerprint density at radius 3 is 2.67 bits per heavy atom. The first kappa shape index (κ1) is 12.2. The second-order valence-electron chi connectivity index (χ2n) is 4.30. The molecule has 0 radical (unpaired) electrons. The smallest absolute Gasteiger partial charge is 0.224 e. The molecule has 1 atom stereocenters. The Bertz CT molecular complexity index is 210. The van der Waals surface area contributed by atoms with Crippen LogP contribution in [0.2, 0.25) is 0 Å². The van der Waals surface area contributed by atoms with Crippen LogP contribution in [0.5, 0.6) is 0 Å². The summed E-state index contributed by atoms with van der Waals surface area (Å²) in [5.41, 5.74) is 5.71. The van der Waals surface area contributed by atoms with Gasteiger partial charge in [-0.15, -0.1) is 6.58 Å². The molecule has 1 saturated carbocycles. The Hall–Kier alpha value is -0.830. The van der Waals surface area contributed by atoms with E-state index in [4.69, 9.17) is 5.73 Å². The van der Waals surface area contributed by atoms with E-state index in [1.54, 1.807) is 6.08 Å². The summed E-state index contributed by atoms with van der Waals surface area (Å²) in [6.07, 6.45) is 8.31. The minimum absolute atomic E-state index is 0.0472. The summed E-state index contributed by atoms with van der Waals surface area (Å²) in [5, 5.41) is 3.00. The van der Waals surface area contributed by atoms with Crippen molar-refractivity contribution in [2.24, 2.45) is 11.7 Å². The first-order chi connectivity index (χ1) is 7.27. The molecular weight excluding hydrogens is 188 g/mol. The van der Waals surface area contributed by atoms with E-state index in [1.165, 1.54) is 32.1 Å². The molecule has 0 aromatic carbocycles. The van der Waals surface area contributed by atoms with Gasteiger partial charge in [0.1, 0.15) is 0 Å². The van der Waals surface area contributed by atoms with E-state index >= 15 is 0 Å². The zero-order valence-corrected chi connectivity index (χ0v) is 9.37. The van der Waals surface area contributed by atoms with Gasteiger partial charge in [0.15, 0.2) is 0 Å². The number of carbonyl (C=O) groups excluding carboxylic acids is 1. The summed E-state index contributed by atoms with van der Waals surface area (Å²) in [6, 6.07) is 0.165. The van der Waals surface area contributed by atoms with Gasteiger partial charge >= 0.3 is 0 Å². The summed E-state index contributed by atoms with van der Waals surface area (Å²) >= 11 is 0. The third-order valence-corrected chi connectivity index (χ3v) is 3.15. The molecule has 1 fully saturated rings. The fraction of sp³-hybridized carbons (Fsp3) is 0.750. The number of rotatable bonds is 5. The van der Waals surface area contributed by atoms with Gasteiger partial charge in [0.05, 0.1) is 0 Å². The molecule has 1 rings (SSSR count). The maximum Gasteiger partial charge on any atom is 0.224 e. The summed E-state index contributed by atoms with van der Waals surface area (Å²) in [7, 11) is 0. The number of hydrogen-bond donors (Lipinski definition) is 2. The molecule has 15 heavy (non-hydrogen) atoms. The van der Waals surface area contributed by atoms with E-state index in [0.29, 0.717) is 18.9 Å². The monoisotopic (exact) mass is 210 g/mol. The lowest BCUT2D eigenvalue weighted by Gasteiger charge is -2.29. The number of amides is 1. The lowest BCUT2D eigenvalue weighted by Crippen LogP contribution is -2.45. The first-order valence-corrected chi connectivity index (χ1v) is 5.88. The van der Waals surface area contributed by atoms with Crippen LogP contribution in [0.25, 0.3) is 0 Å². The highest BCUT2D eigenvalue weighted by Gasteiger charge is 2.23. The molecule has 1 amide bonds. The molecule has 1 aliphatic rings. The topological polar surface area (TPSA) is 55.1 Å². The van der Waals surface area contributed by atoms with E-state index in [2.05, 4.69) is 11.9 Å². The maximum atomic E-state index is 11.4. The van der Waals surface area contributed by atoms with E-state index < -0.39 is 0 Å². The van der Waals surface area contributed by atoms with Crippen molar-refractivity contribution in [2.75, 3.05) is 6.54 Å². The van der Waals surface area contributed by atoms with E-state index in [0.717, 1.165) is 0 Å². The SMILES string of the molecule is C=CCC(=O)NC(CN)C1CCCCC1. The third-order valence-electron chi connectivity index (χ3n) is 3.15. The zero-order valence-electron chi connectivity index (χ0n) is 9.37. The average Bonchev–Trinajstić information content (AvgIpc) is 2.27. The predicted molar refractivity (Wildman–Crippen MR) is 62.4 cm³/mol. The van der Waals surface area contributed by atoms with Crippen LogP contribution in [0, 0.1) is 5.92 Å². The van der Waals surface area contributed by atoms with Gasteiger partial charge in [-0.1, -0.05) is 25.3 Å². The van der Waals surface area contributed by atoms with Gasteiger partial charge in [-0.05, 0) is 18.8 Å². The quantitative estimate of drug-likeness (QED) is 0.677. The maximum absolute atomic E-state index is 11.4. The predicted octanol–water partition coefficient (Wildman–Crippen LogP) is 1.59. The van der Waals surface area contributed by atoms with Crippen molar-refractivity contribution >= 4 is 5.91 Å². The molecule has 0 spiro atoms. The highest BCUT2D eigenvalue weighted by Crippen LogP contribution is 2.26. The molecule has 0 aliphatic heterocycles. The molecular formula is C12H22N2O. The van der Waals surface area contributed by atoms with Crippen LogP contribution in [0.3, 0.4) is 0 Å². The molecule has 0 aromatic rings. The van der Waals surface area contributed by atoms with Crippen molar-refractivity contribution < 1.29 is 4.79 Å². The second-order valence-corrected chi connectivity index (χ2v) is 4.30. The van der Waals surface area contributed by atoms with Crippen LogP contribution < -0.4 is 11.1 Å². The molecule has 3 N–H and O–H groups in total. The molecule has 0 heterocycles. The van der Waals surface area contributed by atoms with Gasteiger partial charge in [-0.2, -0.15) is 0 Å². The Morgan fingerprint density at radius 2 is 2.13 bits per heavy atom. The van der Waals surface area contributed by atoms with Crippen LogP contribution in [-0.4, -0.2) is 18.5 Å². The fourth-order valence-corrected chi connectivity index (χ4v) is 2.30. The van der Waals surface area contributed by atoms with E-state index in [1.807, 2.05) is 0 Å². The standard InChI is InChI=1S/C12H22N2O/c1-2-6-12(15)14-11(9-13)10-7-4-3-5-8-10/h2,10-11H,1,3-9,13H2,(H,14,15). The highest BCUT2D eigenvalue weighted by atomic mass is 16.1. The molecule has 1 aliphatic carbocycles. The first-order valence-electron chi connectivity index (χ1n) is 5.88. The van der Waals surface area contributed by atoms with Crippen molar-refractivity contribution in [1.82, 2.24) is 5.32 Å². The van der Waals surface area contributed by atoms with Gasteiger partial charge in [0.2, 0.25) is 5.91 Å². The summed E-state index contributed by atoms with van der Waals surface area (Å²) in [6.45, 7) is 4.10. The zero-order chi connectivity index (χ0) is 11.1. The van der Waals surface area contributed by atoms with Gasteiger partial charge in [0.25, 0.3) is 0 Å². The molecule has 0 bridgehead atoms. The molecule has 86 valence electrons. The number of carbonyl (C=O) groups is 1. The molecule has 3 nitrogen and oxygen atoms in total.